The van der Waals surface area contributed by atoms with E-state index in [1.807, 2.05) is 42.6 Å². The first-order chi connectivity index (χ1) is 18.7. The molecule has 2 heterocycles. The van der Waals surface area contributed by atoms with Crippen molar-refractivity contribution in [2.45, 2.75) is 57.6 Å². The fourth-order valence-corrected chi connectivity index (χ4v) is 4.68. The molecule has 1 saturated carbocycles. The molecule has 196 valence electrons. The van der Waals surface area contributed by atoms with Crippen molar-refractivity contribution in [2.75, 3.05) is 22.5 Å². The van der Waals surface area contributed by atoms with E-state index < -0.39 is 0 Å². The number of nitrogens with zero attached hydrogens (tertiary/aromatic N) is 4. The number of benzene rings is 2. The molecule has 0 radical (unpaired) electrons. The summed E-state index contributed by atoms with van der Waals surface area (Å²) in [6.07, 6.45) is 8.73. The van der Waals surface area contributed by atoms with Crippen molar-refractivity contribution in [3.8, 4) is 22.4 Å². The molecule has 1 fully saturated rings. The fourth-order valence-electron chi connectivity index (χ4n) is 4.68. The molecule has 4 aromatic rings. The summed E-state index contributed by atoms with van der Waals surface area (Å²) in [5.41, 5.74) is 4.80. The second-order valence-corrected chi connectivity index (χ2v) is 9.75. The molecule has 5 rings (SSSR count). The zero-order valence-corrected chi connectivity index (χ0v) is 21.8. The zero-order valence-electron chi connectivity index (χ0n) is 21.8. The third-order valence-electron chi connectivity index (χ3n) is 6.82. The Morgan fingerprint density at radius 3 is 2.53 bits per heavy atom. The van der Waals surface area contributed by atoms with Crippen molar-refractivity contribution in [1.29, 1.82) is 0 Å². The van der Waals surface area contributed by atoms with Gasteiger partial charge in [0.1, 0.15) is 18.0 Å². The maximum absolute atomic E-state index is 9.94. The number of anilines is 4. The van der Waals surface area contributed by atoms with Gasteiger partial charge in [-0.25, -0.2) is 15.0 Å². The van der Waals surface area contributed by atoms with Gasteiger partial charge in [0.15, 0.2) is 0 Å². The average Bonchev–Trinajstić information content (AvgIpc) is 2.95. The highest BCUT2D eigenvalue weighted by atomic mass is 16.3. The lowest BCUT2D eigenvalue weighted by Gasteiger charge is -2.27. The number of hydrogen-bond acceptors (Lipinski definition) is 8. The predicted molar refractivity (Wildman–Crippen MR) is 154 cm³/mol. The Bertz CT molecular complexity index is 1320. The third kappa shape index (κ3) is 6.63. The van der Waals surface area contributed by atoms with Crippen molar-refractivity contribution in [2.24, 2.45) is 0 Å². The standard InChI is InChI=1S/C30H35N7O/c1-2-3-16-31-30-32-19-26(29(37-30)36-23-12-14-25(38)15-13-23)27-18-28(34-20-33-27)35-24-11-7-10-22(17-24)21-8-5-4-6-9-21/h4-11,17-20,23,25,38H,2-3,12-16H2,1H3,(H,33,34,35)(H2,31,32,36,37). The minimum absolute atomic E-state index is 0.208. The molecular weight excluding hydrogens is 474 g/mol. The molecule has 4 N–H and O–H groups in total. The smallest absolute Gasteiger partial charge is 0.224 e. The van der Waals surface area contributed by atoms with Crippen molar-refractivity contribution in [3.05, 3.63) is 73.2 Å². The number of hydrogen-bond donors (Lipinski definition) is 4. The van der Waals surface area contributed by atoms with Crippen LogP contribution in [0.2, 0.25) is 0 Å². The van der Waals surface area contributed by atoms with E-state index in [4.69, 9.17) is 4.98 Å². The number of unbranched alkanes of at least 4 members (excludes halogenated alkanes) is 1. The van der Waals surface area contributed by atoms with E-state index in [1.165, 1.54) is 0 Å². The van der Waals surface area contributed by atoms with Gasteiger partial charge in [-0.2, -0.15) is 4.98 Å². The molecule has 0 spiro atoms. The number of nitrogens with one attached hydrogen (secondary N) is 3. The number of aliphatic hydroxyl groups excluding tert-OH is 1. The molecule has 8 heteroatoms. The van der Waals surface area contributed by atoms with Gasteiger partial charge in [0.05, 0.1) is 17.4 Å². The predicted octanol–water partition coefficient (Wildman–Crippen LogP) is 6.27. The van der Waals surface area contributed by atoms with Crippen LogP contribution < -0.4 is 16.0 Å². The first kappa shape index (κ1) is 25.6. The van der Waals surface area contributed by atoms with Crippen molar-refractivity contribution >= 4 is 23.3 Å². The first-order valence-corrected chi connectivity index (χ1v) is 13.5. The Hall–Kier alpha value is -4.04. The van der Waals surface area contributed by atoms with Gasteiger partial charge in [-0.15, -0.1) is 0 Å². The van der Waals surface area contributed by atoms with Crippen molar-refractivity contribution < 1.29 is 5.11 Å². The van der Waals surface area contributed by atoms with Crippen LogP contribution in [0.5, 0.6) is 0 Å². The molecule has 1 aliphatic carbocycles. The fraction of sp³-hybridized carbons (Fsp3) is 0.333. The number of aliphatic hydroxyl groups is 1. The minimum atomic E-state index is -0.208. The molecule has 38 heavy (non-hydrogen) atoms. The lowest BCUT2D eigenvalue weighted by Crippen LogP contribution is -2.29. The highest BCUT2D eigenvalue weighted by Gasteiger charge is 2.21. The molecule has 1 aliphatic rings. The average molecular weight is 510 g/mol. The van der Waals surface area contributed by atoms with Crippen LogP contribution in [0.25, 0.3) is 22.4 Å². The normalized spacial score (nSPS) is 17.1. The van der Waals surface area contributed by atoms with Crippen LogP contribution in [0, 0.1) is 0 Å². The Balaban J connectivity index is 1.39. The maximum Gasteiger partial charge on any atom is 0.224 e. The second-order valence-electron chi connectivity index (χ2n) is 9.75. The van der Waals surface area contributed by atoms with Gasteiger partial charge in [0.25, 0.3) is 0 Å². The van der Waals surface area contributed by atoms with E-state index in [-0.39, 0.29) is 12.1 Å². The Morgan fingerprint density at radius 1 is 0.895 bits per heavy atom. The molecule has 0 atom stereocenters. The van der Waals surface area contributed by atoms with Crippen LogP contribution >= 0.6 is 0 Å². The number of aromatic nitrogens is 4. The molecule has 2 aromatic heterocycles. The van der Waals surface area contributed by atoms with E-state index >= 15 is 0 Å². The van der Waals surface area contributed by atoms with Gasteiger partial charge >= 0.3 is 0 Å². The van der Waals surface area contributed by atoms with Gasteiger partial charge in [-0.3, -0.25) is 0 Å². The molecule has 0 bridgehead atoms. The number of rotatable bonds is 10. The Labute approximate surface area is 224 Å². The van der Waals surface area contributed by atoms with E-state index in [0.717, 1.165) is 79.0 Å². The Morgan fingerprint density at radius 2 is 1.71 bits per heavy atom. The molecule has 0 aliphatic heterocycles. The highest BCUT2D eigenvalue weighted by molar-refractivity contribution is 5.76. The van der Waals surface area contributed by atoms with Crippen LogP contribution in [-0.2, 0) is 0 Å². The van der Waals surface area contributed by atoms with Crippen LogP contribution in [-0.4, -0.2) is 43.7 Å². The zero-order chi connectivity index (χ0) is 26.2. The topological polar surface area (TPSA) is 108 Å². The van der Waals surface area contributed by atoms with Crippen LogP contribution in [0.1, 0.15) is 45.4 Å². The van der Waals surface area contributed by atoms with Gasteiger partial charge in [0, 0.05) is 30.5 Å². The van der Waals surface area contributed by atoms with Crippen LogP contribution in [0.3, 0.4) is 0 Å². The summed E-state index contributed by atoms with van der Waals surface area (Å²) >= 11 is 0. The molecule has 0 saturated heterocycles. The highest BCUT2D eigenvalue weighted by Crippen LogP contribution is 2.30. The quantitative estimate of drug-likeness (QED) is 0.185. The van der Waals surface area contributed by atoms with Crippen LogP contribution in [0.4, 0.5) is 23.3 Å². The van der Waals surface area contributed by atoms with Crippen LogP contribution in [0.15, 0.2) is 73.2 Å². The molecule has 8 nitrogen and oxygen atoms in total. The van der Waals surface area contributed by atoms with E-state index in [0.29, 0.717) is 11.8 Å². The van der Waals surface area contributed by atoms with Gasteiger partial charge in [0.2, 0.25) is 5.95 Å². The van der Waals surface area contributed by atoms with Crippen molar-refractivity contribution in [1.82, 2.24) is 19.9 Å². The van der Waals surface area contributed by atoms with E-state index in [9.17, 15) is 5.11 Å². The van der Waals surface area contributed by atoms with Gasteiger partial charge in [-0.05, 0) is 55.4 Å². The monoisotopic (exact) mass is 509 g/mol. The molecule has 2 aromatic carbocycles. The summed E-state index contributed by atoms with van der Waals surface area (Å²) in [6.45, 7) is 2.99. The molecular formula is C30H35N7O. The Kier molecular flexibility index (Phi) is 8.40. The SMILES string of the molecule is CCCCNc1ncc(-c2cc(Nc3cccc(-c4ccccc4)c3)ncn2)c(NC2CCC(O)CC2)n1. The van der Waals surface area contributed by atoms with Gasteiger partial charge in [-0.1, -0.05) is 55.8 Å². The summed E-state index contributed by atoms with van der Waals surface area (Å²) in [4.78, 5) is 18.4. The third-order valence-corrected chi connectivity index (χ3v) is 6.82. The summed E-state index contributed by atoms with van der Waals surface area (Å²) in [6, 6.07) is 20.7. The van der Waals surface area contributed by atoms with E-state index in [1.54, 1.807) is 6.33 Å². The summed E-state index contributed by atoms with van der Waals surface area (Å²) in [5.74, 6) is 2.04. The minimum Gasteiger partial charge on any atom is -0.393 e. The van der Waals surface area contributed by atoms with Crippen molar-refractivity contribution in [3.63, 3.8) is 0 Å². The molecule has 0 unspecified atom stereocenters. The maximum atomic E-state index is 9.94. The van der Waals surface area contributed by atoms with Gasteiger partial charge < -0.3 is 21.1 Å². The second kappa shape index (κ2) is 12.5. The summed E-state index contributed by atoms with van der Waals surface area (Å²) in [5, 5.41) is 20.3. The first-order valence-electron chi connectivity index (χ1n) is 13.5. The van der Waals surface area contributed by atoms with E-state index in [2.05, 4.69) is 62.1 Å². The largest absolute Gasteiger partial charge is 0.393 e. The lowest BCUT2D eigenvalue weighted by molar-refractivity contribution is 0.126. The summed E-state index contributed by atoms with van der Waals surface area (Å²) < 4.78 is 0. The lowest BCUT2D eigenvalue weighted by atomic mass is 9.93. The summed E-state index contributed by atoms with van der Waals surface area (Å²) in [7, 11) is 0. The molecule has 0 amide bonds.